The third-order valence-electron chi connectivity index (χ3n) is 1.23. The highest BCUT2D eigenvalue weighted by molar-refractivity contribution is 9.10. The monoisotopic (exact) mass is 271 g/mol. The van der Waals surface area contributed by atoms with Gasteiger partial charge in [0.1, 0.15) is 0 Å². The van der Waals surface area contributed by atoms with Crippen LogP contribution in [0.4, 0.5) is 24.7 Å². The summed E-state index contributed by atoms with van der Waals surface area (Å²) in [5, 5.41) is 0. The molecule has 0 radical (unpaired) electrons. The maximum absolute atomic E-state index is 11.8. The topological polar surface area (TPSA) is 74.2 Å². The van der Waals surface area contributed by atoms with Gasteiger partial charge in [0, 0.05) is 10.5 Å². The third kappa shape index (κ3) is 2.66. The summed E-state index contributed by atoms with van der Waals surface area (Å²) in [5.74, 6) is -0.880. The second-order valence-corrected chi connectivity index (χ2v) is 3.14. The number of rotatable bonds is 1. The summed E-state index contributed by atoms with van der Waals surface area (Å²) in [6.07, 6.45) is -4.80. The van der Waals surface area contributed by atoms with Crippen molar-refractivity contribution < 1.29 is 17.9 Å². The van der Waals surface area contributed by atoms with Crippen LogP contribution >= 0.6 is 15.9 Å². The fraction of sp³-hybridized carbons (Fsp3) is 0.167. The first kappa shape index (κ1) is 10.9. The van der Waals surface area contributed by atoms with Crippen LogP contribution in [-0.4, -0.2) is 11.3 Å². The molecule has 4 nitrogen and oxygen atoms in total. The molecule has 0 amide bonds. The van der Waals surface area contributed by atoms with Crippen molar-refractivity contribution in [1.29, 1.82) is 0 Å². The van der Waals surface area contributed by atoms with E-state index in [9.17, 15) is 13.2 Å². The van der Waals surface area contributed by atoms with Crippen LogP contribution in [0.2, 0.25) is 0 Å². The molecule has 0 fully saturated rings. The predicted molar refractivity (Wildman–Crippen MR) is 47.4 cm³/mol. The Balaban J connectivity index is 3.02. The minimum absolute atomic E-state index is 0.0690. The van der Waals surface area contributed by atoms with E-state index in [1.54, 1.807) is 0 Å². The first-order chi connectivity index (χ1) is 6.29. The Labute approximate surface area is 85.2 Å². The number of hydrogen-bond acceptors (Lipinski definition) is 4. The summed E-state index contributed by atoms with van der Waals surface area (Å²) in [4.78, 5) is 3.30. The van der Waals surface area contributed by atoms with Gasteiger partial charge in [0.25, 0.3) is 0 Å². The first-order valence-electron chi connectivity index (χ1n) is 3.27. The number of nitrogen functional groups attached to an aromatic ring is 2. The van der Waals surface area contributed by atoms with Crippen LogP contribution in [-0.2, 0) is 0 Å². The van der Waals surface area contributed by atoms with Gasteiger partial charge in [-0.05, 0) is 15.9 Å². The minimum Gasteiger partial charge on any atom is -0.395 e. The van der Waals surface area contributed by atoms with Crippen LogP contribution in [0.15, 0.2) is 10.5 Å². The van der Waals surface area contributed by atoms with Crippen molar-refractivity contribution in [1.82, 2.24) is 4.98 Å². The smallest absolute Gasteiger partial charge is 0.395 e. The third-order valence-corrected chi connectivity index (χ3v) is 1.89. The number of nitrogens with zero attached hydrogens (tertiary/aromatic N) is 1. The fourth-order valence-corrected chi connectivity index (χ4v) is 1.09. The molecule has 1 aromatic heterocycles. The maximum atomic E-state index is 11.8. The van der Waals surface area contributed by atoms with Crippen molar-refractivity contribution >= 4 is 27.4 Å². The van der Waals surface area contributed by atoms with Crippen LogP contribution < -0.4 is 16.2 Å². The lowest BCUT2D eigenvalue weighted by molar-refractivity contribution is -0.276. The Hall–Kier alpha value is -1.18. The van der Waals surface area contributed by atoms with Gasteiger partial charge >= 0.3 is 6.36 Å². The van der Waals surface area contributed by atoms with Gasteiger partial charge in [-0.25, -0.2) is 0 Å². The molecule has 8 heteroatoms. The highest BCUT2D eigenvalue weighted by atomic mass is 79.9. The molecule has 0 saturated heterocycles. The van der Waals surface area contributed by atoms with Gasteiger partial charge in [0.15, 0.2) is 5.82 Å². The number of pyridine rings is 1. The number of nitrogens with two attached hydrogens (primary N) is 2. The van der Waals surface area contributed by atoms with E-state index in [-0.39, 0.29) is 16.0 Å². The summed E-state index contributed by atoms with van der Waals surface area (Å²) >= 11 is 2.91. The molecule has 0 aliphatic carbocycles. The van der Waals surface area contributed by atoms with Gasteiger partial charge < -0.3 is 16.2 Å². The molecule has 4 N–H and O–H groups in total. The van der Waals surface area contributed by atoms with Gasteiger partial charge in [-0.2, -0.15) is 4.98 Å². The molecule has 14 heavy (non-hydrogen) atoms. The van der Waals surface area contributed by atoms with Gasteiger partial charge in [-0.15, -0.1) is 13.2 Å². The van der Waals surface area contributed by atoms with Crippen LogP contribution in [0, 0.1) is 0 Å². The summed E-state index contributed by atoms with van der Waals surface area (Å²) in [7, 11) is 0. The Morgan fingerprint density at radius 3 is 2.36 bits per heavy atom. The van der Waals surface area contributed by atoms with Gasteiger partial charge in [-0.3, -0.25) is 0 Å². The number of anilines is 2. The molecule has 0 aliphatic rings. The second-order valence-electron chi connectivity index (χ2n) is 2.29. The lowest BCUT2D eigenvalue weighted by Crippen LogP contribution is -2.18. The van der Waals surface area contributed by atoms with Crippen molar-refractivity contribution in [3.63, 3.8) is 0 Å². The molecule has 0 bridgehead atoms. The van der Waals surface area contributed by atoms with Crippen LogP contribution in [0.1, 0.15) is 0 Å². The van der Waals surface area contributed by atoms with E-state index in [2.05, 4.69) is 25.7 Å². The van der Waals surface area contributed by atoms with Crippen LogP contribution in [0.5, 0.6) is 5.88 Å². The van der Waals surface area contributed by atoms with E-state index in [1.165, 1.54) is 0 Å². The van der Waals surface area contributed by atoms with E-state index in [0.29, 0.717) is 0 Å². The Morgan fingerprint density at radius 1 is 1.36 bits per heavy atom. The lowest BCUT2D eigenvalue weighted by Gasteiger charge is -2.09. The zero-order valence-electron chi connectivity index (χ0n) is 6.60. The quantitative estimate of drug-likeness (QED) is 0.818. The van der Waals surface area contributed by atoms with Crippen molar-refractivity contribution in [2.24, 2.45) is 0 Å². The van der Waals surface area contributed by atoms with E-state index >= 15 is 0 Å². The average molecular weight is 272 g/mol. The van der Waals surface area contributed by atoms with E-state index in [4.69, 9.17) is 11.5 Å². The van der Waals surface area contributed by atoms with E-state index in [0.717, 1.165) is 6.07 Å². The Kier molecular flexibility index (Phi) is 2.74. The summed E-state index contributed by atoms with van der Waals surface area (Å²) < 4.78 is 39.0. The molecule has 0 spiro atoms. The fourth-order valence-electron chi connectivity index (χ4n) is 0.691. The number of alkyl halides is 3. The minimum atomic E-state index is -4.80. The molecule has 0 aliphatic heterocycles. The summed E-state index contributed by atoms with van der Waals surface area (Å²) in [5.41, 5.74) is 10.6. The van der Waals surface area contributed by atoms with Crippen molar-refractivity contribution in [2.75, 3.05) is 11.5 Å². The number of hydrogen-bond donors (Lipinski definition) is 2. The molecular weight excluding hydrogens is 267 g/mol. The standard InChI is InChI=1S/C6H5BrF3N3O/c7-2-1-3(14-6(8,9)10)13-5(12)4(2)11/h1H,11H2,(H2,12,13). The number of halogens is 4. The average Bonchev–Trinajstić information content (AvgIpc) is 1.96. The van der Waals surface area contributed by atoms with Crippen molar-refractivity contribution in [2.45, 2.75) is 6.36 Å². The van der Waals surface area contributed by atoms with Crippen LogP contribution in [0.25, 0.3) is 0 Å². The molecule has 0 unspecified atom stereocenters. The number of aromatic nitrogens is 1. The molecule has 0 saturated carbocycles. The number of ether oxygens (including phenoxy) is 1. The normalized spacial score (nSPS) is 11.4. The Bertz CT molecular complexity index is 332. The van der Waals surface area contributed by atoms with Crippen molar-refractivity contribution in [3.8, 4) is 5.88 Å². The zero-order valence-corrected chi connectivity index (χ0v) is 8.19. The van der Waals surface area contributed by atoms with Crippen LogP contribution in [0.3, 0.4) is 0 Å². The summed E-state index contributed by atoms with van der Waals surface area (Å²) in [6, 6.07) is 0.985. The van der Waals surface area contributed by atoms with Gasteiger partial charge in [0.2, 0.25) is 5.88 Å². The molecular formula is C6H5BrF3N3O. The van der Waals surface area contributed by atoms with Gasteiger partial charge in [0.05, 0.1) is 5.69 Å². The highest BCUT2D eigenvalue weighted by Gasteiger charge is 2.32. The maximum Gasteiger partial charge on any atom is 0.574 e. The first-order valence-corrected chi connectivity index (χ1v) is 4.06. The Morgan fingerprint density at radius 2 is 1.93 bits per heavy atom. The van der Waals surface area contributed by atoms with E-state index in [1.807, 2.05) is 0 Å². The van der Waals surface area contributed by atoms with E-state index < -0.39 is 12.2 Å². The molecule has 78 valence electrons. The molecule has 0 aromatic carbocycles. The summed E-state index contributed by atoms with van der Waals surface area (Å²) in [6.45, 7) is 0. The predicted octanol–water partition coefficient (Wildman–Crippen LogP) is 1.91. The molecule has 0 atom stereocenters. The van der Waals surface area contributed by atoms with Crippen molar-refractivity contribution in [3.05, 3.63) is 10.5 Å². The highest BCUT2D eigenvalue weighted by Crippen LogP contribution is 2.30. The zero-order chi connectivity index (χ0) is 10.9. The molecule has 1 aromatic rings. The van der Waals surface area contributed by atoms with Gasteiger partial charge in [-0.1, -0.05) is 0 Å². The molecule has 1 heterocycles. The largest absolute Gasteiger partial charge is 0.574 e. The second kappa shape index (κ2) is 3.52. The molecule has 1 rings (SSSR count). The SMILES string of the molecule is Nc1nc(OC(F)(F)F)cc(Br)c1N. The lowest BCUT2D eigenvalue weighted by atomic mass is 10.4.